The molecule has 2 N–H and O–H groups in total. The number of aliphatic carboxylic acids is 1. The highest BCUT2D eigenvalue weighted by Crippen LogP contribution is 2.28. The Balaban J connectivity index is 0.00000289. The van der Waals surface area contributed by atoms with Crippen LogP contribution >= 0.6 is 25.0 Å². The Morgan fingerprint density at radius 3 is 2.44 bits per heavy atom. The zero-order valence-electron chi connectivity index (χ0n) is 8.81. The van der Waals surface area contributed by atoms with Crippen molar-refractivity contribution in [2.24, 2.45) is 0 Å². The fourth-order valence-electron chi connectivity index (χ4n) is 1.01. The summed E-state index contributed by atoms with van der Waals surface area (Å²) in [5.41, 5.74) is -0.888. The Labute approximate surface area is 112 Å². The standard InChI is InChI=1S/C9H9F3N2O2S.ClH/c10-9(11,12)5-1-2-7(13-3-5)14-6(4-17)8(15)16;/h1-3,6,17H,4H2,(H,13,14)(H,15,16);1H. The minimum absolute atomic E-state index is 0. The summed E-state index contributed by atoms with van der Waals surface area (Å²) in [7, 11) is 0. The molecule has 9 heteroatoms. The molecule has 1 atom stereocenters. The van der Waals surface area contributed by atoms with Crippen LogP contribution in [0.15, 0.2) is 18.3 Å². The molecule has 0 saturated heterocycles. The summed E-state index contributed by atoms with van der Waals surface area (Å²) in [4.78, 5) is 14.1. The van der Waals surface area contributed by atoms with E-state index in [1.165, 1.54) is 0 Å². The highest BCUT2D eigenvalue weighted by atomic mass is 35.5. The third-order valence-electron chi connectivity index (χ3n) is 1.89. The summed E-state index contributed by atoms with van der Waals surface area (Å²) in [5, 5.41) is 11.2. The zero-order valence-corrected chi connectivity index (χ0v) is 10.5. The molecule has 0 radical (unpaired) electrons. The number of aromatic nitrogens is 1. The van der Waals surface area contributed by atoms with Gasteiger partial charge in [-0.15, -0.1) is 12.4 Å². The number of nitrogens with zero attached hydrogens (tertiary/aromatic N) is 1. The van der Waals surface area contributed by atoms with E-state index in [0.717, 1.165) is 12.1 Å². The molecule has 0 aromatic carbocycles. The van der Waals surface area contributed by atoms with Crippen molar-refractivity contribution in [3.63, 3.8) is 0 Å². The van der Waals surface area contributed by atoms with Gasteiger partial charge in [-0.05, 0) is 12.1 Å². The van der Waals surface area contributed by atoms with Crippen molar-refractivity contribution in [3.8, 4) is 0 Å². The summed E-state index contributed by atoms with van der Waals surface area (Å²) < 4.78 is 36.6. The maximum Gasteiger partial charge on any atom is 0.417 e. The summed E-state index contributed by atoms with van der Waals surface area (Å²) in [5.74, 6) is -1.10. The number of alkyl halides is 3. The molecule has 1 unspecified atom stereocenters. The number of carboxylic acid groups (broad SMARTS) is 1. The molecule has 1 heterocycles. The van der Waals surface area contributed by atoms with Crippen molar-refractivity contribution in [1.29, 1.82) is 0 Å². The number of carbonyl (C=O) groups is 1. The normalized spacial score (nSPS) is 12.4. The molecule has 18 heavy (non-hydrogen) atoms. The van der Waals surface area contributed by atoms with Crippen molar-refractivity contribution in [2.45, 2.75) is 12.2 Å². The van der Waals surface area contributed by atoms with E-state index in [2.05, 4.69) is 22.9 Å². The lowest BCUT2D eigenvalue weighted by Gasteiger charge is -2.13. The topological polar surface area (TPSA) is 62.2 Å². The molecule has 102 valence electrons. The molecule has 0 aliphatic heterocycles. The smallest absolute Gasteiger partial charge is 0.417 e. The van der Waals surface area contributed by atoms with Crippen molar-refractivity contribution < 1.29 is 23.1 Å². The highest BCUT2D eigenvalue weighted by Gasteiger charge is 2.30. The van der Waals surface area contributed by atoms with Crippen molar-refractivity contribution >= 4 is 36.8 Å². The Bertz CT molecular complexity index is 400. The molecule has 0 fully saturated rings. The van der Waals surface area contributed by atoms with Gasteiger partial charge < -0.3 is 10.4 Å². The van der Waals surface area contributed by atoms with E-state index < -0.39 is 23.8 Å². The van der Waals surface area contributed by atoms with E-state index in [4.69, 9.17) is 5.11 Å². The Kier molecular flexibility index (Phi) is 6.27. The molecular weight excluding hydrogens is 293 g/mol. The van der Waals surface area contributed by atoms with Crippen LogP contribution in [-0.4, -0.2) is 27.9 Å². The van der Waals surface area contributed by atoms with Crippen LogP contribution in [0, 0.1) is 0 Å². The maximum atomic E-state index is 12.2. The van der Waals surface area contributed by atoms with Gasteiger partial charge in [0.15, 0.2) is 0 Å². The largest absolute Gasteiger partial charge is 0.480 e. The van der Waals surface area contributed by atoms with Crippen LogP contribution < -0.4 is 5.32 Å². The molecule has 0 saturated carbocycles. The number of halogens is 4. The van der Waals surface area contributed by atoms with Gasteiger partial charge in [-0.2, -0.15) is 25.8 Å². The van der Waals surface area contributed by atoms with Gasteiger partial charge in [-0.1, -0.05) is 0 Å². The molecular formula is C9H10ClF3N2O2S. The fourth-order valence-corrected chi connectivity index (χ4v) is 1.26. The minimum atomic E-state index is -4.46. The number of anilines is 1. The first-order valence-corrected chi connectivity index (χ1v) is 5.11. The third-order valence-corrected chi connectivity index (χ3v) is 2.26. The zero-order chi connectivity index (χ0) is 13.1. The number of thiol groups is 1. The van der Waals surface area contributed by atoms with E-state index >= 15 is 0 Å². The van der Waals surface area contributed by atoms with E-state index in [0.29, 0.717) is 6.20 Å². The van der Waals surface area contributed by atoms with Gasteiger partial charge >= 0.3 is 12.1 Å². The first-order valence-electron chi connectivity index (χ1n) is 4.48. The van der Waals surface area contributed by atoms with Gasteiger partial charge in [-0.3, -0.25) is 0 Å². The fraction of sp³-hybridized carbons (Fsp3) is 0.333. The van der Waals surface area contributed by atoms with Gasteiger partial charge in [-0.25, -0.2) is 9.78 Å². The van der Waals surface area contributed by atoms with Crippen LogP contribution in [0.3, 0.4) is 0 Å². The summed E-state index contributed by atoms with van der Waals surface area (Å²) >= 11 is 3.80. The lowest BCUT2D eigenvalue weighted by atomic mass is 10.2. The number of carboxylic acids is 1. The second kappa shape index (κ2) is 6.69. The lowest BCUT2D eigenvalue weighted by molar-refractivity contribution is -0.138. The van der Waals surface area contributed by atoms with Crippen LogP contribution in [-0.2, 0) is 11.0 Å². The molecule has 0 aliphatic rings. The Morgan fingerprint density at radius 2 is 2.11 bits per heavy atom. The van der Waals surface area contributed by atoms with Crippen molar-refractivity contribution in [3.05, 3.63) is 23.9 Å². The van der Waals surface area contributed by atoms with E-state index in [1.807, 2.05) is 0 Å². The molecule has 4 nitrogen and oxygen atoms in total. The maximum absolute atomic E-state index is 12.2. The summed E-state index contributed by atoms with van der Waals surface area (Å²) in [6.07, 6.45) is -3.82. The van der Waals surface area contributed by atoms with Gasteiger partial charge in [0, 0.05) is 11.9 Å². The molecule has 0 bridgehead atoms. The Hall–Kier alpha value is -1.15. The lowest BCUT2D eigenvalue weighted by Crippen LogP contribution is -2.31. The van der Waals surface area contributed by atoms with Crippen LogP contribution in [0.1, 0.15) is 5.56 Å². The monoisotopic (exact) mass is 302 g/mol. The van der Waals surface area contributed by atoms with Crippen LogP contribution in [0.2, 0.25) is 0 Å². The average molecular weight is 303 g/mol. The third kappa shape index (κ3) is 4.61. The quantitative estimate of drug-likeness (QED) is 0.747. The second-order valence-electron chi connectivity index (χ2n) is 3.15. The number of hydrogen-bond acceptors (Lipinski definition) is 4. The Morgan fingerprint density at radius 1 is 1.50 bits per heavy atom. The van der Waals surface area contributed by atoms with Gasteiger partial charge in [0.05, 0.1) is 5.56 Å². The molecule has 1 rings (SSSR count). The van der Waals surface area contributed by atoms with Crippen LogP contribution in [0.25, 0.3) is 0 Å². The number of rotatable bonds is 4. The molecule has 0 spiro atoms. The van der Waals surface area contributed by atoms with E-state index in [9.17, 15) is 18.0 Å². The predicted octanol–water partition coefficient (Wildman–Crippen LogP) is 2.32. The van der Waals surface area contributed by atoms with Gasteiger partial charge in [0.1, 0.15) is 11.9 Å². The van der Waals surface area contributed by atoms with Crippen LogP contribution in [0.4, 0.5) is 19.0 Å². The average Bonchev–Trinajstić information content (AvgIpc) is 2.25. The van der Waals surface area contributed by atoms with Gasteiger partial charge in [0.2, 0.25) is 0 Å². The first kappa shape index (κ1) is 16.9. The van der Waals surface area contributed by atoms with E-state index in [1.54, 1.807) is 0 Å². The van der Waals surface area contributed by atoms with E-state index in [-0.39, 0.29) is 24.0 Å². The molecule has 0 aliphatic carbocycles. The predicted molar refractivity (Wildman–Crippen MR) is 65.4 cm³/mol. The summed E-state index contributed by atoms with van der Waals surface area (Å²) in [6.45, 7) is 0. The number of nitrogens with one attached hydrogen (secondary N) is 1. The van der Waals surface area contributed by atoms with Crippen molar-refractivity contribution in [2.75, 3.05) is 11.1 Å². The summed E-state index contributed by atoms with van der Waals surface area (Å²) in [6, 6.07) is 0.900. The highest BCUT2D eigenvalue weighted by molar-refractivity contribution is 7.80. The first-order chi connectivity index (χ1) is 7.84. The van der Waals surface area contributed by atoms with Crippen molar-refractivity contribution in [1.82, 2.24) is 4.98 Å². The minimum Gasteiger partial charge on any atom is -0.480 e. The molecule has 1 aromatic rings. The second-order valence-corrected chi connectivity index (χ2v) is 3.51. The van der Waals surface area contributed by atoms with Gasteiger partial charge in [0.25, 0.3) is 0 Å². The number of pyridine rings is 1. The number of hydrogen-bond donors (Lipinski definition) is 3. The van der Waals surface area contributed by atoms with Crippen LogP contribution in [0.5, 0.6) is 0 Å². The SMILES string of the molecule is Cl.O=C(O)C(CS)Nc1ccc(C(F)(F)F)cn1. The molecule has 1 aromatic heterocycles. The molecule has 0 amide bonds.